The van der Waals surface area contributed by atoms with Gasteiger partial charge >= 0.3 is 0 Å². The molecular formula is C13H20N2O. The summed E-state index contributed by atoms with van der Waals surface area (Å²) in [7, 11) is 0. The lowest BCUT2D eigenvalue weighted by molar-refractivity contribution is 0.0662. The first-order valence-corrected chi connectivity index (χ1v) is 5.98. The van der Waals surface area contributed by atoms with Crippen molar-refractivity contribution in [3.8, 4) is 0 Å². The van der Waals surface area contributed by atoms with E-state index in [0.29, 0.717) is 0 Å². The number of hydrogen-bond acceptors (Lipinski definition) is 3. The van der Waals surface area contributed by atoms with Crippen LogP contribution in [-0.2, 0) is 11.3 Å². The highest BCUT2D eigenvalue weighted by molar-refractivity contribution is 5.46. The zero-order chi connectivity index (χ0) is 11.2. The maximum absolute atomic E-state index is 5.88. The SMILES string of the molecule is Nc1ccccc1CNCC1CCOCC1. The van der Waals surface area contributed by atoms with Crippen LogP contribution in [0.5, 0.6) is 0 Å². The van der Waals surface area contributed by atoms with Gasteiger partial charge < -0.3 is 15.8 Å². The van der Waals surface area contributed by atoms with E-state index >= 15 is 0 Å². The van der Waals surface area contributed by atoms with Crippen molar-refractivity contribution in [1.82, 2.24) is 5.32 Å². The van der Waals surface area contributed by atoms with Crippen molar-refractivity contribution in [3.05, 3.63) is 29.8 Å². The van der Waals surface area contributed by atoms with Gasteiger partial charge in [0.2, 0.25) is 0 Å². The molecule has 0 aromatic heterocycles. The minimum atomic E-state index is 0.763. The summed E-state index contributed by atoms with van der Waals surface area (Å²) in [6.07, 6.45) is 2.36. The Bertz CT molecular complexity index is 321. The lowest BCUT2D eigenvalue weighted by Crippen LogP contribution is -2.27. The Kier molecular flexibility index (Phi) is 4.19. The topological polar surface area (TPSA) is 47.3 Å². The van der Waals surface area contributed by atoms with E-state index in [1.54, 1.807) is 0 Å². The Hall–Kier alpha value is -1.06. The van der Waals surface area contributed by atoms with Gasteiger partial charge in [0.15, 0.2) is 0 Å². The number of hydrogen-bond donors (Lipinski definition) is 2. The first-order valence-electron chi connectivity index (χ1n) is 5.98. The fourth-order valence-electron chi connectivity index (χ4n) is 2.06. The summed E-state index contributed by atoms with van der Waals surface area (Å²) >= 11 is 0. The molecule has 2 rings (SSSR count). The molecule has 1 aliphatic rings. The predicted octanol–water partition coefficient (Wildman–Crippen LogP) is 1.78. The van der Waals surface area contributed by atoms with Crippen LogP contribution in [0, 0.1) is 5.92 Å². The molecule has 1 aromatic carbocycles. The Balaban J connectivity index is 1.73. The number of rotatable bonds is 4. The van der Waals surface area contributed by atoms with E-state index in [-0.39, 0.29) is 0 Å². The maximum atomic E-state index is 5.88. The molecular weight excluding hydrogens is 200 g/mol. The third-order valence-electron chi connectivity index (χ3n) is 3.14. The van der Waals surface area contributed by atoms with Crippen LogP contribution in [0.3, 0.4) is 0 Å². The second kappa shape index (κ2) is 5.87. The molecule has 0 saturated carbocycles. The molecule has 88 valence electrons. The van der Waals surface area contributed by atoms with Crippen molar-refractivity contribution >= 4 is 5.69 Å². The number of nitrogen functional groups attached to an aromatic ring is 1. The van der Waals surface area contributed by atoms with Crippen molar-refractivity contribution in [2.24, 2.45) is 5.92 Å². The Morgan fingerprint density at radius 1 is 1.25 bits per heavy atom. The summed E-state index contributed by atoms with van der Waals surface area (Å²) in [5.74, 6) is 0.763. The smallest absolute Gasteiger partial charge is 0.0469 e. The Labute approximate surface area is 97.0 Å². The van der Waals surface area contributed by atoms with Gasteiger partial charge in [-0.2, -0.15) is 0 Å². The third kappa shape index (κ3) is 3.22. The number of nitrogens with one attached hydrogen (secondary N) is 1. The van der Waals surface area contributed by atoms with Crippen LogP contribution in [0.15, 0.2) is 24.3 Å². The van der Waals surface area contributed by atoms with Crippen molar-refractivity contribution in [3.63, 3.8) is 0 Å². The molecule has 3 N–H and O–H groups in total. The van der Waals surface area contributed by atoms with E-state index in [1.807, 2.05) is 18.2 Å². The summed E-state index contributed by atoms with van der Waals surface area (Å²) in [6.45, 7) is 3.77. The van der Waals surface area contributed by atoms with E-state index < -0.39 is 0 Å². The number of para-hydroxylation sites is 1. The molecule has 1 heterocycles. The molecule has 0 radical (unpaired) electrons. The second-order valence-electron chi connectivity index (χ2n) is 4.39. The Morgan fingerprint density at radius 3 is 2.75 bits per heavy atom. The molecule has 0 amide bonds. The molecule has 3 heteroatoms. The molecule has 16 heavy (non-hydrogen) atoms. The number of ether oxygens (including phenoxy) is 1. The predicted molar refractivity (Wildman–Crippen MR) is 66.1 cm³/mol. The maximum Gasteiger partial charge on any atom is 0.0469 e. The quantitative estimate of drug-likeness (QED) is 0.760. The molecule has 3 nitrogen and oxygen atoms in total. The van der Waals surface area contributed by atoms with E-state index in [9.17, 15) is 0 Å². The number of anilines is 1. The van der Waals surface area contributed by atoms with Gasteiger partial charge in [0.05, 0.1) is 0 Å². The van der Waals surface area contributed by atoms with Gasteiger partial charge in [-0.25, -0.2) is 0 Å². The molecule has 0 unspecified atom stereocenters. The van der Waals surface area contributed by atoms with E-state index in [1.165, 1.54) is 18.4 Å². The molecule has 1 aromatic rings. The van der Waals surface area contributed by atoms with Crippen LogP contribution < -0.4 is 11.1 Å². The third-order valence-corrected chi connectivity index (χ3v) is 3.14. The number of nitrogens with two attached hydrogens (primary N) is 1. The second-order valence-corrected chi connectivity index (χ2v) is 4.39. The molecule has 0 bridgehead atoms. The Morgan fingerprint density at radius 2 is 2.00 bits per heavy atom. The van der Waals surface area contributed by atoms with Crippen molar-refractivity contribution in [2.45, 2.75) is 19.4 Å². The van der Waals surface area contributed by atoms with Crippen molar-refractivity contribution < 1.29 is 4.74 Å². The molecule has 1 aliphatic heterocycles. The highest BCUT2D eigenvalue weighted by Gasteiger charge is 2.12. The van der Waals surface area contributed by atoms with Crippen LogP contribution in [0.25, 0.3) is 0 Å². The standard InChI is InChI=1S/C13H20N2O/c14-13-4-2-1-3-12(13)10-15-9-11-5-7-16-8-6-11/h1-4,11,15H,5-10,14H2. The fourth-order valence-corrected chi connectivity index (χ4v) is 2.06. The van der Waals surface area contributed by atoms with Crippen molar-refractivity contribution in [1.29, 1.82) is 0 Å². The fraction of sp³-hybridized carbons (Fsp3) is 0.538. The molecule has 0 aliphatic carbocycles. The first kappa shape index (κ1) is 11.4. The lowest BCUT2D eigenvalue weighted by atomic mass is 10.0. The average molecular weight is 220 g/mol. The number of benzene rings is 1. The van der Waals surface area contributed by atoms with Gasteiger partial charge in [-0.3, -0.25) is 0 Å². The molecule has 1 saturated heterocycles. The van der Waals surface area contributed by atoms with Gasteiger partial charge in [-0.15, -0.1) is 0 Å². The van der Waals surface area contributed by atoms with Crippen LogP contribution in [0.2, 0.25) is 0 Å². The highest BCUT2D eigenvalue weighted by atomic mass is 16.5. The van der Waals surface area contributed by atoms with E-state index in [2.05, 4.69) is 11.4 Å². The zero-order valence-electron chi connectivity index (χ0n) is 9.61. The first-order chi connectivity index (χ1) is 7.86. The van der Waals surface area contributed by atoms with Gasteiger partial charge in [0, 0.05) is 25.4 Å². The molecule has 0 atom stereocenters. The monoisotopic (exact) mass is 220 g/mol. The van der Waals surface area contributed by atoms with Gasteiger partial charge in [0.1, 0.15) is 0 Å². The van der Waals surface area contributed by atoms with Gasteiger partial charge in [-0.05, 0) is 36.9 Å². The van der Waals surface area contributed by atoms with E-state index in [4.69, 9.17) is 10.5 Å². The minimum Gasteiger partial charge on any atom is -0.398 e. The summed E-state index contributed by atoms with van der Waals surface area (Å²) in [5.41, 5.74) is 7.95. The molecule has 1 fully saturated rings. The largest absolute Gasteiger partial charge is 0.398 e. The highest BCUT2D eigenvalue weighted by Crippen LogP contribution is 2.14. The van der Waals surface area contributed by atoms with Crippen LogP contribution in [0.1, 0.15) is 18.4 Å². The summed E-state index contributed by atoms with van der Waals surface area (Å²) < 4.78 is 5.34. The van der Waals surface area contributed by atoms with Crippen LogP contribution in [0.4, 0.5) is 5.69 Å². The average Bonchev–Trinajstić information content (AvgIpc) is 2.33. The van der Waals surface area contributed by atoms with E-state index in [0.717, 1.165) is 37.9 Å². The normalized spacial score (nSPS) is 17.5. The van der Waals surface area contributed by atoms with Gasteiger partial charge in [0.25, 0.3) is 0 Å². The summed E-state index contributed by atoms with van der Waals surface area (Å²) in [5, 5.41) is 3.48. The van der Waals surface area contributed by atoms with Crippen LogP contribution >= 0.6 is 0 Å². The summed E-state index contributed by atoms with van der Waals surface area (Å²) in [6, 6.07) is 8.02. The minimum absolute atomic E-state index is 0.763. The molecule has 0 spiro atoms. The van der Waals surface area contributed by atoms with Crippen molar-refractivity contribution in [2.75, 3.05) is 25.5 Å². The van der Waals surface area contributed by atoms with Crippen LogP contribution in [-0.4, -0.2) is 19.8 Å². The lowest BCUT2D eigenvalue weighted by Gasteiger charge is -2.22. The van der Waals surface area contributed by atoms with Gasteiger partial charge in [-0.1, -0.05) is 18.2 Å². The summed E-state index contributed by atoms with van der Waals surface area (Å²) in [4.78, 5) is 0. The zero-order valence-corrected chi connectivity index (χ0v) is 9.61.